The van der Waals surface area contributed by atoms with E-state index in [-0.39, 0.29) is 0 Å². The number of anilines is 3. The van der Waals surface area contributed by atoms with E-state index in [1.165, 1.54) is 85.6 Å². The van der Waals surface area contributed by atoms with Gasteiger partial charge < -0.3 is 9.64 Å². The van der Waals surface area contributed by atoms with Crippen LogP contribution in [0.2, 0.25) is 0 Å². The normalized spacial score (nSPS) is 14.7. The van der Waals surface area contributed by atoms with Gasteiger partial charge in [-0.1, -0.05) is 169 Å². The molecular weight excluding hydrogens is 839 g/mol. The Morgan fingerprint density at radius 1 is 0.348 bits per heavy atom. The lowest BCUT2D eigenvalue weighted by Crippen LogP contribution is -2.32. The van der Waals surface area contributed by atoms with Crippen LogP contribution < -0.4 is 9.64 Å². The minimum atomic E-state index is -0.588. The first-order valence-corrected chi connectivity index (χ1v) is 24.3. The Hall–Kier alpha value is -7.63. The molecule has 2 aliphatic heterocycles. The summed E-state index contributed by atoms with van der Waals surface area (Å²) in [7, 11) is 0. The Bertz CT molecular complexity index is 3790. The number of fused-ring (bicyclic) bond motifs is 21. The molecule has 0 saturated heterocycles. The van der Waals surface area contributed by atoms with Gasteiger partial charge in [-0.3, -0.25) is 0 Å². The van der Waals surface area contributed by atoms with E-state index in [4.69, 9.17) is 4.74 Å². The first-order chi connectivity index (χ1) is 32.7. The van der Waals surface area contributed by atoms with Gasteiger partial charge in [-0.15, -0.1) is 11.3 Å². The predicted molar refractivity (Wildman–Crippen MR) is 273 cm³/mol. The minimum absolute atomic E-state index is 0.453. The van der Waals surface area contributed by atoms with Gasteiger partial charge in [0.2, 0.25) is 0 Å². The van der Waals surface area contributed by atoms with Crippen molar-refractivity contribution >= 4 is 60.3 Å². The van der Waals surface area contributed by atoms with Crippen molar-refractivity contribution in [2.75, 3.05) is 4.90 Å². The van der Waals surface area contributed by atoms with Crippen LogP contribution in [0, 0.1) is 0 Å². The van der Waals surface area contributed by atoms with Crippen molar-refractivity contribution < 1.29 is 4.74 Å². The summed E-state index contributed by atoms with van der Waals surface area (Å²) in [4.78, 5) is 5.17. The van der Waals surface area contributed by atoms with E-state index in [0.29, 0.717) is 0 Å². The molecule has 15 rings (SSSR count). The van der Waals surface area contributed by atoms with Crippen molar-refractivity contribution in [1.82, 2.24) is 0 Å². The van der Waals surface area contributed by atoms with Gasteiger partial charge in [0.1, 0.15) is 11.5 Å². The van der Waals surface area contributed by atoms with Gasteiger partial charge in [-0.25, -0.2) is 0 Å². The molecule has 0 N–H and O–H groups in total. The monoisotopic (exact) mass is 875 g/mol. The lowest BCUT2D eigenvalue weighted by atomic mass is 9.66. The van der Waals surface area contributed by atoms with Crippen LogP contribution in [0.25, 0.3) is 42.4 Å². The van der Waals surface area contributed by atoms with Crippen LogP contribution in [0.3, 0.4) is 0 Å². The molecule has 308 valence electrons. The molecule has 1 aromatic heterocycles. The maximum Gasteiger partial charge on any atom is 0.132 e. The third-order valence-electron chi connectivity index (χ3n) is 14.8. The number of benzene rings is 10. The van der Waals surface area contributed by atoms with Crippen LogP contribution in [-0.2, 0) is 10.8 Å². The fourth-order valence-corrected chi connectivity index (χ4v) is 14.6. The smallest absolute Gasteiger partial charge is 0.132 e. The first kappa shape index (κ1) is 36.7. The summed E-state index contributed by atoms with van der Waals surface area (Å²) >= 11 is 3.75. The Labute approximate surface area is 391 Å². The molecule has 4 aliphatic rings. The molecule has 0 radical (unpaired) electrons. The van der Waals surface area contributed by atoms with E-state index >= 15 is 0 Å². The average molecular weight is 876 g/mol. The summed E-state index contributed by atoms with van der Waals surface area (Å²) in [6, 6.07) is 83.8. The van der Waals surface area contributed by atoms with Gasteiger partial charge >= 0.3 is 0 Å². The Morgan fingerprint density at radius 3 is 1.61 bits per heavy atom. The van der Waals surface area contributed by atoms with E-state index in [2.05, 4.69) is 229 Å². The fourth-order valence-electron chi connectivity index (χ4n) is 12.3. The van der Waals surface area contributed by atoms with Crippen LogP contribution >= 0.6 is 23.1 Å². The van der Waals surface area contributed by atoms with E-state index in [0.717, 1.165) is 39.7 Å². The lowest BCUT2D eigenvalue weighted by Gasteiger charge is -2.40. The van der Waals surface area contributed by atoms with Crippen molar-refractivity contribution in [1.29, 1.82) is 0 Å². The number of ether oxygens (including phenoxy) is 1. The van der Waals surface area contributed by atoms with Gasteiger partial charge in [0.15, 0.2) is 0 Å². The Kier molecular flexibility index (Phi) is 7.48. The molecule has 2 nitrogen and oxygen atoms in total. The highest BCUT2D eigenvalue weighted by atomic mass is 32.2. The molecule has 3 heterocycles. The van der Waals surface area contributed by atoms with E-state index in [1.807, 2.05) is 23.1 Å². The van der Waals surface area contributed by atoms with Gasteiger partial charge in [0.05, 0.1) is 16.5 Å². The molecule has 11 aromatic rings. The van der Waals surface area contributed by atoms with Gasteiger partial charge in [0.25, 0.3) is 0 Å². The molecule has 10 aromatic carbocycles. The maximum absolute atomic E-state index is 6.73. The fraction of sp³-hybridized carbons (Fsp3) is 0.0323. The zero-order valence-corrected chi connectivity index (χ0v) is 37.2. The number of para-hydroxylation sites is 2. The summed E-state index contributed by atoms with van der Waals surface area (Å²) in [5.41, 5.74) is 17.6. The van der Waals surface area contributed by atoms with Crippen LogP contribution in [0.15, 0.2) is 234 Å². The Balaban J connectivity index is 1.03. The second-order valence-electron chi connectivity index (χ2n) is 17.8. The third kappa shape index (κ3) is 4.62. The number of hydrogen-bond acceptors (Lipinski definition) is 4. The number of nitrogens with zero attached hydrogens (tertiary/aromatic N) is 1. The number of hydrogen-bond donors (Lipinski definition) is 0. The van der Waals surface area contributed by atoms with Crippen LogP contribution in [0.1, 0.15) is 44.5 Å². The molecule has 0 atom stereocenters. The zero-order valence-electron chi connectivity index (χ0n) is 35.5. The highest BCUT2D eigenvalue weighted by Crippen LogP contribution is 2.66. The summed E-state index contributed by atoms with van der Waals surface area (Å²) in [5, 5.41) is 2.56. The van der Waals surface area contributed by atoms with Crippen LogP contribution in [0.5, 0.6) is 11.5 Å². The largest absolute Gasteiger partial charge is 0.457 e. The molecule has 4 heteroatoms. The van der Waals surface area contributed by atoms with Gasteiger partial charge in [-0.2, -0.15) is 0 Å². The highest BCUT2D eigenvalue weighted by molar-refractivity contribution is 7.99. The van der Waals surface area contributed by atoms with E-state index in [1.54, 1.807) is 0 Å². The molecule has 0 amide bonds. The highest BCUT2D eigenvalue weighted by Gasteiger charge is 2.53. The summed E-state index contributed by atoms with van der Waals surface area (Å²) in [6.07, 6.45) is 0. The third-order valence-corrected chi connectivity index (χ3v) is 17.1. The van der Waals surface area contributed by atoms with E-state index in [9.17, 15) is 0 Å². The summed E-state index contributed by atoms with van der Waals surface area (Å²) in [5.74, 6) is 1.79. The molecule has 0 saturated carbocycles. The van der Waals surface area contributed by atoms with Crippen LogP contribution in [0.4, 0.5) is 17.1 Å². The number of rotatable bonds is 3. The molecule has 2 spiro atoms. The second kappa shape index (κ2) is 13.5. The average Bonchev–Trinajstić information content (AvgIpc) is 4.00. The lowest BCUT2D eigenvalue weighted by molar-refractivity contribution is 0.436. The SMILES string of the molecule is c1ccc2c(c1)Oc1ccccc1C21c2ccccc2-c2c(N(c3ccc4c(c3)-c3ccccc3C43c4ccccc4Sc4ccccc43)c3ccc4sc5ccccc5c4c3)cccc21. The molecule has 0 unspecified atom stereocenters. The molecular formula is C62H37NOS2. The maximum atomic E-state index is 6.73. The summed E-state index contributed by atoms with van der Waals surface area (Å²) in [6.45, 7) is 0. The second-order valence-corrected chi connectivity index (χ2v) is 20.0. The zero-order chi connectivity index (χ0) is 43.1. The van der Waals surface area contributed by atoms with Crippen molar-refractivity contribution in [3.05, 3.63) is 269 Å². The Morgan fingerprint density at radius 2 is 0.864 bits per heavy atom. The number of thiophene rings is 1. The van der Waals surface area contributed by atoms with Crippen molar-refractivity contribution in [3.63, 3.8) is 0 Å². The summed E-state index contributed by atoms with van der Waals surface area (Å²) < 4.78 is 9.32. The first-order valence-electron chi connectivity index (χ1n) is 22.7. The molecule has 0 fully saturated rings. The predicted octanol–water partition coefficient (Wildman–Crippen LogP) is 16.8. The quantitative estimate of drug-likeness (QED) is 0.175. The topological polar surface area (TPSA) is 12.5 Å². The van der Waals surface area contributed by atoms with Gasteiger partial charge in [-0.05, 0) is 117 Å². The standard InChI is InChI=1S/C62H37NOS2/c1-4-19-45-40(16-1)43-36-38(32-34-47(43)61(45)50-23-8-13-30-58(50)66-59-31-14-9-24-51(59)61)63(39-33-35-57-44(37-39)41-17-3-12-29-56(41)65-57)53-26-15-25-52-60(53)42-18-2-5-20-46(42)62(52)48-21-6-10-27-54(48)64-55-28-11-7-22-49(55)62/h1-37H. The minimum Gasteiger partial charge on any atom is -0.457 e. The molecule has 2 aliphatic carbocycles. The molecule has 0 bridgehead atoms. The molecule has 66 heavy (non-hydrogen) atoms. The van der Waals surface area contributed by atoms with E-state index < -0.39 is 10.8 Å². The van der Waals surface area contributed by atoms with Crippen LogP contribution in [-0.4, -0.2) is 0 Å². The van der Waals surface area contributed by atoms with Gasteiger partial charge in [0, 0.05) is 58.0 Å². The van der Waals surface area contributed by atoms with Crippen molar-refractivity contribution in [2.45, 2.75) is 20.6 Å². The van der Waals surface area contributed by atoms with Crippen molar-refractivity contribution in [3.8, 4) is 33.8 Å². The van der Waals surface area contributed by atoms with Crippen molar-refractivity contribution in [2.24, 2.45) is 0 Å².